The van der Waals surface area contributed by atoms with Crippen LogP contribution in [-0.4, -0.2) is 26.3 Å². The van der Waals surface area contributed by atoms with E-state index in [4.69, 9.17) is 0 Å². The molecular formula is C14H16BrNO2S2. The van der Waals surface area contributed by atoms with Crippen molar-refractivity contribution in [2.45, 2.75) is 18.2 Å². The van der Waals surface area contributed by atoms with E-state index in [9.17, 15) is 8.42 Å². The van der Waals surface area contributed by atoms with E-state index in [-0.39, 0.29) is 0 Å². The van der Waals surface area contributed by atoms with Crippen molar-refractivity contribution in [2.24, 2.45) is 0 Å². The second kappa shape index (κ2) is 6.39. The average molecular weight is 374 g/mol. The summed E-state index contributed by atoms with van der Waals surface area (Å²) in [5.41, 5.74) is 1.03. The van der Waals surface area contributed by atoms with Crippen molar-refractivity contribution in [3.8, 4) is 0 Å². The Labute approximate surface area is 132 Å². The molecule has 2 rings (SSSR count). The molecule has 108 valence electrons. The standard InChI is InChI=1S/C14H16BrNO2S2/c1-11-5-6-14(13(15)10-11)20(17,18)16(2)8-7-12-4-3-9-19-12/h3-6,9-10H,7-8H2,1-2H3. The van der Waals surface area contributed by atoms with E-state index in [1.165, 1.54) is 9.18 Å². The fourth-order valence-electron chi connectivity index (χ4n) is 1.83. The van der Waals surface area contributed by atoms with Crippen molar-refractivity contribution in [1.29, 1.82) is 0 Å². The second-order valence-corrected chi connectivity index (χ2v) is 8.49. The molecule has 1 aromatic carbocycles. The molecule has 6 heteroatoms. The topological polar surface area (TPSA) is 37.4 Å². The Morgan fingerprint density at radius 3 is 2.65 bits per heavy atom. The number of hydrogen-bond donors (Lipinski definition) is 0. The molecule has 1 aromatic heterocycles. The summed E-state index contributed by atoms with van der Waals surface area (Å²) >= 11 is 4.98. The van der Waals surface area contributed by atoms with Crippen molar-refractivity contribution in [2.75, 3.05) is 13.6 Å². The van der Waals surface area contributed by atoms with Gasteiger partial charge in [0.1, 0.15) is 0 Å². The summed E-state index contributed by atoms with van der Waals surface area (Å²) in [7, 11) is -1.83. The van der Waals surface area contributed by atoms with Gasteiger partial charge in [-0.05, 0) is 58.4 Å². The zero-order chi connectivity index (χ0) is 14.8. The molecule has 2 aromatic rings. The van der Waals surface area contributed by atoms with Crippen LogP contribution in [0, 0.1) is 6.92 Å². The molecule has 0 bridgehead atoms. The summed E-state index contributed by atoms with van der Waals surface area (Å²) in [5, 5.41) is 2.00. The van der Waals surface area contributed by atoms with Crippen molar-refractivity contribution in [3.63, 3.8) is 0 Å². The van der Waals surface area contributed by atoms with Crippen LogP contribution in [0.1, 0.15) is 10.4 Å². The number of sulfonamides is 1. The van der Waals surface area contributed by atoms with Gasteiger partial charge in [-0.3, -0.25) is 0 Å². The second-order valence-electron chi connectivity index (χ2n) is 4.59. The smallest absolute Gasteiger partial charge is 0.207 e. The van der Waals surface area contributed by atoms with Gasteiger partial charge >= 0.3 is 0 Å². The van der Waals surface area contributed by atoms with E-state index in [0.29, 0.717) is 15.9 Å². The third kappa shape index (κ3) is 3.49. The van der Waals surface area contributed by atoms with Gasteiger partial charge in [0.15, 0.2) is 0 Å². The summed E-state index contributed by atoms with van der Waals surface area (Å²) in [4.78, 5) is 1.51. The minimum atomic E-state index is -3.45. The Kier molecular flexibility index (Phi) is 5.01. The number of aryl methyl sites for hydroxylation is 1. The van der Waals surface area contributed by atoms with Gasteiger partial charge < -0.3 is 0 Å². The normalized spacial score (nSPS) is 12.0. The molecule has 0 amide bonds. The molecule has 0 aliphatic rings. The third-order valence-corrected chi connectivity index (χ3v) is 6.80. The molecule has 0 saturated carbocycles. The lowest BCUT2D eigenvalue weighted by Crippen LogP contribution is -2.29. The molecule has 20 heavy (non-hydrogen) atoms. The first kappa shape index (κ1) is 15.7. The monoisotopic (exact) mass is 373 g/mol. The Bertz CT molecular complexity index is 681. The first-order valence-electron chi connectivity index (χ1n) is 6.16. The average Bonchev–Trinajstić information content (AvgIpc) is 2.88. The minimum Gasteiger partial charge on any atom is -0.207 e. The van der Waals surface area contributed by atoms with E-state index in [1.54, 1.807) is 24.5 Å². The summed E-state index contributed by atoms with van der Waals surface area (Å²) in [6.07, 6.45) is 0.733. The first-order chi connectivity index (χ1) is 9.41. The Balaban J connectivity index is 2.16. The van der Waals surface area contributed by atoms with Crippen LogP contribution in [-0.2, 0) is 16.4 Å². The number of hydrogen-bond acceptors (Lipinski definition) is 3. The highest BCUT2D eigenvalue weighted by Crippen LogP contribution is 2.25. The molecule has 0 unspecified atom stereocenters. The van der Waals surface area contributed by atoms with Crippen LogP contribution in [0.2, 0.25) is 0 Å². The first-order valence-corrected chi connectivity index (χ1v) is 9.27. The lowest BCUT2D eigenvalue weighted by molar-refractivity contribution is 0.473. The molecule has 0 N–H and O–H groups in total. The van der Waals surface area contributed by atoms with Gasteiger partial charge in [0.25, 0.3) is 0 Å². The molecule has 0 atom stereocenters. The van der Waals surface area contributed by atoms with Crippen LogP contribution in [0.25, 0.3) is 0 Å². The predicted octanol–water partition coefficient (Wildman–Crippen LogP) is 3.68. The molecule has 0 spiro atoms. The van der Waals surface area contributed by atoms with Crippen molar-refractivity contribution in [3.05, 3.63) is 50.6 Å². The maximum atomic E-state index is 12.5. The quantitative estimate of drug-likeness (QED) is 0.801. The highest BCUT2D eigenvalue weighted by molar-refractivity contribution is 9.10. The van der Waals surface area contributed by atoms with Crippen LogP contribution in [0.3, 0.4) is 0 Å². The molecule has 0 aliphatic heterocycles. The Morgan fingerprint density at radius 2 is 2.05 bits per heavy atom. The summed E-state index contributed by atoms with van der Waals surface area (Å²) in [6, 6.07) is 9.28. The zero-order valence-electron chi connectivity index (χ0n) is 11.3. The van der Waals surface area contributed by atoms with Crippen molar-refractivity contribution >= 4 is 37.3 Å². The van der Waals surface area contributed by atoms with Gasteiger partial charge in [0.2, 0.25) is 10.0 Å². The van der Waals surface area contributed by atoms with E-state index >= 15 is 0 Å². The Morgan fingerprint density at radius 1 is 1.30 bits per heavy atom. The highest BCUT2D eigenvalue weighted by Gasteiger charge is 2.23. The van der Waals surface area contributed by atoms with Gasteiger partial charge in [0, 0.05) is 22.9 Å². The number of halogens is 1. The maximum absolute atomic E-state index is 12.5. The van der Waals surface area contributed by atoms with Gasteiger partial charge in [-0.1, -0.05) is 12.1 Å². The van der Waals surface area contributed by atoms with Crippen LogP contribution in [0.15, 0.2) is 45.1 Å². The lowest BCUT2D eigenvalue weighted by Gasteiger charge is -2.18. The molecular weight excluding hydrogens is 358 g/mol. The molecule has 3 nitrogen and oxygen atoms in total. The van der Waals surface area contributed by atoms with Crippen LogP contribution < -0.4 is 0 Å². The SMILES string of the molecule is Cc1ccc(S(=O)(=O)N(C)CCc2cccs2)c(Br)c1. The highest BCUT2D eigenvalue weighted by atomic mass is 79.9. The number of rotatable bonds is 5. The van der Waals surface area contributed by atoms with Crippen LogP contribution >= 0.6 is 27.3 Å². The predicted molar refractivity (Wildman–Crippen MR) is 86.7 cm³/mol. The van der Waals surface area contributed by atoms with Gasteiger partial charge in [-0.25, -0.2) is 12.7 Å². The number of benzene rings is 1. The zero-order valence-corrected chi connectivity index (χ0v) is 14.6. The minimum absolute atomic E-state index is 0.316. The van der Waals surface area contributed by atoms with Crippen molar-refractivity contribution in [1.82, 2.24) is 4.31 Å². The fourth-order valence-corrected chi connectivity index (χ4v) is 4.84. The summed E-state index contributed by atoms with van der Waals surface area (Å²) < 4.78 is 27.1. The fraction of sp³-hybridized carbons (Fsp3) is 0.286. The third-order valence-electron chi connectivity index (χ3n) is 3.03. The molecule has 0 fully saturated rings. The van der Waals surface area contributed by atoms with Gasteiger partial charge in [0.05, 0.1) is 4.90 Å². The van der Waals surface area contributed by atoms with Crippen molar-refractivity contribution < 1.29 is 8.42 Å². The maximum Gasteiger partial charge on any atom is 0.243 e. The summed E-state index contributed by atoms with van der Waals surface area (Å²) in [5.74, 6) is 0. The van der Waals surface area contributed by atoms with E-state index < -0.39 is 10.0 Å². The number of nitrogens with zero attached hydrogens (tertiary/aromatic N) is 1. The molecule has 0 radical (unpaired) electrons. The molecule has 0 saturated heterocycles. The summed E-state index contributed by atoms with van der Waals surface area (Å²) in [6.45, 7) is 2.41. The number of thiophene rings is 1. The lowest BCUT2D eigenvalue weighted by atomic mass is 10.2. The van der Waals surface area contributed by atoms with Gasteiger partial charge in [-0.15, -0.1) is 11.3 Å². The number of likely N-dealkylation sites (N-methyl/N-ethyl adjacent to an activating group) is 1. The Hall–Kier alpha value is -0.690. The van der Waals surface area contributed by atoms with Crippen LogP contribution in [0.5, 0.6) is 0 Å². The van der Waals surface area contributed by atoms with Gasteiger partial charge in [-0.2, -0.15) is 0 Å². The van der Waals surface area contributed by atoms with E-state index in [1.807, 2.05) is 36.6 Å². The molecule has 1 heterocycles. The van der Waals surface area contributed by atoms with E-state index in [0.717, 1.165) is 12.0 Å². The molecule has 0 aliphatic carbocycles. The van der Waals surface area contributed by atoms with E-state index in [2.05, 4.69) is 15.9 Å². The van der Waals surface area contributed by atoms with Crippen LogP contribution in [0.4, 0.5) is 0 Å². The largest absolute Gasteiger partial charge is 0.243 e.